The molecule has 0 aliphatic carbocycles. The maximum Gasteiger partial charge on any atom is 0.275 e. The molecule has 0 aliphatic rings. The van der Waals surface area contributed by atoms with E-state index in [0.717, 1.165) is 16.6 Å². The van der Waals surface area contributed by atoms with E-state index in [2.05, 4.69) is 43.3 Å². The molecule has 5 heteroatoms. The average molecular weight is 377 g/mol. The van der Waals surface area contributed by atoms with E-state index in [-0.39, 0.29) is 29.5 Å². The Bertz CT molecular complexity index is 1060. The fourth-order valence-corrected chi connectivity index (χ4v) is 3.29. The van der Waals surface area contributed by atoms with E-state index < -0.39 is 0 Å². The summed E-state index contributed by atoms with van der Waals surface area (Å²) < 4.78 is 1.24. The van der Waals surface area contributed by atoms with E-state index in [1.54, 1.807) is 6.07 Å². The van der Waals surface area contributed by atoms with Crippen molar-refractivity contribution in [3.8, 4) is 0 Å². The Labute approximate surface area is 165 Å². The van der Waals surface area contributed by atoms with Gasteiger partial charge in [0.15, 0.2) is 0 Å². The SMILES string of the molecule is Cc1nn(CC(=O)NC(C)c2ccc(C(C)(C)C)cc2)c(=O)c2ccccc12. The summed E-state index contributed by atoms with van der Waals surface area (Å²) in [6.07, 6.45) is 0. The quantitative estimate of drug-likeness (QED) is 0.750. The van der Waals surface area contributed by atoms with Gasteiger partial charge < -0.3 is 5.32 Å². The standard InChI is InChI=1S/C23H27N3O2/c1-15(17-10-12-18(13-11-17)23(3,4)5)24-21(27)14-26-22(28)20-9-7-6-8-19(20)16(2)25-26/h6-13,15H,14H2,1-5H3,(H,24,27). The fourth-order valence-electron chi connectivity index (χ4n) is 3.29. The Hall–Kier alpha value is -2.95. The zero-order valence-corrected chi connectivity index (χ0v) is 17.1. The van der Waals surface area contributed by atoms with Crippen LogP contribution in [0, 0.1) is 6.92 Å². The van der Waals surface area contributed by atoms with Crippen LogP contribution in [0.25, 0.3) is 10.8 Å². The molecule has 0 radical (unpaired) electrons. The molecule has 0 saturated carbocycles. The monoisotopic (exact) mass is 377 g/mol. The highest BCUT2D eigenvalue weighted by Gasteiger charge is 2.16. The third-order valence-electron chi connectivity index (χ3n) is 5.00. The Morgan fingerprint density at radius 2 is 1.68 bits per heavy atom. The molecule has 1 unspecified atom stereocenters. The molecule has 28 heavy (non-hydrogen) atoms. The Morgan fingerprint density at radius 1 is 1.07 bits per heavy atom. The molecule has 0 saturated heterocycles. The minimum atomic E-state index is -0.251. The number of carbonyl (C=O) groups is 1. The van der Waals surface area contributed by atoms with Crippen LogP contribution in [-0.2, 0) is 16.8 Å². The van der Waals surface area contributed by atoms with Crippen LogP contribution >= 0.6 is 0 Å². The number of fused-ring (bicyclic) bond motifs is 1. The summed E-state index contributed by atoms with van der Waals surface area (Å²) in [7, 11) is 0. The van der Waals surface area contributed by atoms with Crippen LogP contribution in [-0.4, -0.2) is 15.7 Å². The van der Waals surface area contributed by atoms with Crippen LogP contribution in [0.5, 0.6) is 0 Å². The molecule has 1 amide bonds. The number of carbonyl (C=O) groups excluding carboxylic acids is 1. The van der Waals surface area contributed by atoms with Crippen LogP contribution in [0.2, 0.25) is 0 Å². The van der Waals surface area contributed by atoms with Crippen molar-refractivity contribution in [3.63, 3.8) is 0 Å². The predicted molar refractivity (Wildman–Crippen MR) is 112 cm³/mol. The minimum Gasteiger partial charge on any atom is -0.348 e. The van der Waals surface area contributed by atoms with Crippen molar-refractivity contribution in [2.24, 2.45) is 0 Å². The molecule has 1 heterocycles. The lowest BCUT2D eigenvalue weighted by atomic mass is 9.86. The molecule has 3 rings (SSSR count). The summed E-state index contributed by atoms with van der Waals surface area (Å²) in [5.41, 5.74) is 2.84. The predicted octanol–water partition coefficient (Wildman–Crippen LogP) is 3.88. The number of nitrogens with one attached hydrogen (secondary N) is 1. The van der Waals surface area contributed by atoms with E-state index in [1.807, 2.05) is 44.2 Å². The van der Waals surface area contributed by atoms with Crippen LogP contribution in [0.1, 0.15) is 50.6 Å². The van der Waals surface area contributed by atoms with Gasteiger partial charge >= 0.3 is 0 Å². The van der Waals surface area contributed by atoms with Gasteiger partial charge in [0.05, 0.1) is 17.1 Å². The maximum absolute atomic E-state index is 12.6. The lowest BCUT2D eigenvalue weighted by Crippen LogP contribution is -2.35. The van der Waals surface area contributed by atoms with E-state index in [9.17, 15) is 9.59 Å². The number of aryl methyl sites for hydroxylation is 1. The second-order valence-electron chi connectivity index (χ2n) is 8.26. The summed E-state index contributed by atoms with van der Waals surface area (Å²) in [4.78, 5) is 25.1. The van der Waals surface area contributed by atoms with Crippen LogP contribution in [0.15, 0.2) is 53.3 Å². The molecule has 1 atom stereocenters. The zero-order chi connectivity index (χ0) is 20.5. The molecule has 1 N–H and O–H groups in total. The molecular formula is C23H27N3O2. The molecule has 5 nitrogen and oxygen atoms in total. The summed E-state index contributed by atoms with van der Waals surface area (Å²) in [5, 5.41) is 8.66. The van der Waals surface area contributed by atoms with Gasteiger partial charge in [-0.25, -0.2) is 4.68 Å². The first-order valence-corrected chi connectivity index (χ1v) is 9.53. The Balaban J connectivity index is 1.74. The van der Waals surface area contributed by atoms with Gasteiger partial charge in [0.25, 0.3) is 5.56 Å². The maximum atomic E-state index is 12.6. The van der Waals surface area contributed by atoms with E-state index in [0.29, 0.717) is 5.39 Å². The van der Waals surface area contributed by atoms with E-state index in [1.165, 1.54) is 10.2 Å². The number of benzene rings is 2. The second-order valence-corrected chi connectivity index (χ2v) is 8.26. The number of hydrogen-bond acceptors (Lipinski definition) is 3. The van der Waals surface area contributed by atoms with Crippen molar-refractivity contribution in [1.29, 1.82) is 0 Å². The largest absolute Gasteiger partial charge is 0.348 e. The average Bonchev–Trinajstić information content (AvgIpc) is 2.65. The number of hydrogen-bond donors (Lipinski definition) is 1. The van der Waals surface area contributed by atoms with E-state index >= 15 is 0 Å². The van der Waals surface area contributed by atoms with Crippen molar-refractivity contribution >= 4 is 16.7 Å². The normalized spacial score (nSPS) is 12.8. The fraction of sp³-hybridized carbons (Fsp3) is 0.348. The third-order valence-corrected chi connectivity index (χ3v) is 5.00. The van der Waals surface area contributed by atoms with Crippen molar-refractivity contribution in [2.75, 3.05) is 0 Å². The molecule has 146 valence electrons. The van der Waals surface area contributed by atoms with Gasteiger partial charge in [-0.2, -0.15) is 5.10 Å². The summed E-state index contributed by atoms with van der Waals surface area (Å²) in [6, 6.07) is 15.4. The first-order chi connectivity index (χ1) is 13.2. The molecule has 0 aliphatic heterocycles. The smallest absolute Gasteiger partial charge is 0.275 e. The summed E-state index contributed by atoms with van der Waals surface area (Å²) >= 11 is 0. The van der Waals surface area contributed by atoms with Crippen molar-refractivity contribution < 1.29 is 4.79 Å². The van der Waals surface area contributed by atoms with E-state index in [4.69, 9.17) is 0 Å². The zero-order valence-electron chi connectivity index (χ0n) is 17.1. The molecule has 2 aromatic carbocycles. The lowest BCUT2D eigenvalue weighted by Gasteiger charge is -2.21. The van der Waals surface area contributed by atoms with Gasteiger partial charge in [-0.15, -0.1) is 0 Å². The van der Waals surface area contributed by atoms with Gasteiger partial charge in [0, 0.05) is 5.39 Å². The van der Waals surface area contributed by atoms with Crippen LogP contribution in [0.3, 0.4) is 0 Å². The number of aromatic nitrogens is 2. The number of amides is 1. The molecule has 3 aromatic rings. The first-order valence-electron chi connectivity index (χ1n) is 9.53. The Kier molecular flexibility index (Phi) is 5.36. The van der Waals surface area contributed by atoms with Crippen LogP contribution < -0.4 is 10.9 Å². The first kappa shape index (κ1) is 19.8. The summed E-state index contributed by atoms with van der Waals surface area (Å²) in [5.74, 6) is -0.239. The highest BCUT2D eigenvalue weighted by atomic mass is 16.2. The van der Waals surface area contributed by atoms with Crippen molar-refractivity contribution in [1.82, 2.24) is 15.1 Å². The number of rotatable bonds is 4. The van der Waals surface area contributed by atoms with Gasteiger partial charge in [0.2, 0.25) is 5.91 Å². The molecule has 0 bridgehead atoms. The van der Waals surface area contributed by atoms with Crippen LogP contribution in [0.4, 0.5) is 0 Å². The molecule has 1 aromatic heterocycles. The third kappa shape index (κ3) is 4.14. The number of nitrogens with zero attached hydrogens (tertiary/aromatic N) is 2. The molecular weight excluding hydrogens is 350 g/mol. The van der Waals surface area contributed by atoms with Crippen molar-refractivity contribution in [3.05, 3.63) is 75.7 Å². The van der Waals surface area contributed by atoms with Gasteiger partial charge in [-0.3, -0.25) is 9.59 Å². The Morgan fingerprint density at radius 3 is 2.29 bits per heavy atom. The summed E-state index contributed by atoms with van der Waals surface area (Å²) in [6.45, 7) is 10.2. The highest BCUT2D eigenvalue weighted by molar-refractivity contribution is 5.83. The topological polar surface area (TPSA) is 64.0 Å². The van der Waals surface area contributed by atoms with Crippen molar-refractivity contribution in [2.45, 2.75) is 52.6 Å². The second kappa shape index (κ2) is 7.58. The molecule has 0 fully saturated rings. The van der Waals surface area contributed by atoms with Gasteiger partial charge in [-0.05, 0) is 36.5 Å². The van der Waals surface area contributed by atoms with Gasteiger partial charge in [0.1, 0.15) is 6.54 Å². The minimum absolute atomic E-state index is 0.0891. The van der Waals surface area contributed by atoms with Gasteiger partial charge in [-0.1, -0.05) is 63.2 Å². The molecule has 0 spiro atoms. The lowest BCUT2D eigenvalue weighted by molar-refractivity contribution is -0.122. The highest BCUT2D eigenvalue weighted by Crippen LogP contribution is 2.23.